The monoisotopic (exact) mass is 250 g/mol. The zero-order valence-electron chi connectivity index (χ0n) is 10.4. The van der Waals surface area contributed by atoms with Gasteiger partial charge in [0.25, 0.3) is 0 Å². The lowest BCUT2D eigenvalue weighted by atomic mass is 10.2. The van der Waals surface area contributed by atoms with Gasteiger partial charge in [0.2, 0.25) is 11.9 Å². The molecule has 2 heterocycles. The maximum absolute atomic E-state index is 12.1. The Hall–Kier alpha value is -1.69. The maximum Gasteiger partial charge on any atom is 0.243 e. The van der Waals surface area contributed by atoms with Gasteiger partial charge >= 0.3 is 0 Å². The summed E-state index contributed by atoms with van der Waals surface area (Å²) >= 11 is 0. The van der Waals surface area contributed by atoms with Crippen LogP contribution in [0.15, 0.2) is 18.5 Å². The van der Waals surface area contributed by atoms with Crippen LogP contribution in [0.25, 0.3) is 0 Å². The molecule has 2 unspecified atom stereocenters. The zero-order chi connectivity index (χ0) is 13.0. The van der Waals surface area contributed by atoms with E-state index in [2.05, 4.69) is 15.3 Å². The van der Waals surface area contributed by atoms with Crippen LogP contribution in [0.5, 0.6) is 0 Å². The highest BCUT2D eigenvalue weighted by Crippen LogP contribution is 2.21. The molecule has 1 saturated heterocycles. The molecule has 18 heavy (non-hydrogen) atoms. The number of hydrogen-bond donors (Lipinski definition) is 2. The van der Waals surface area contributed by atoms with Gasteiger partial charge in [-0.05, 0) is 25.8 Å². The van der Waals surface area contributed by atoms with Crippen LogP contribution in [0.1, 0.15) is 19.8 Å². The van der Waals surface area contributed by atoms with Crippen molar-refractivity contribution in [2.75, 3.05) is 18.1 Å². The Morgan fingerprint density at radius 2 is 2.33 bits per heavy atom. The molecule has 1 aromatic rings. The lowest BCUT2D eigenvalue weighted by Gasteiger charge is -2.24. The number of carbonyl (C=O) groups excluding carboxylic acids is 1. The summed E-state index contributed by atoms with van der Waals surface area (Å²) in [5.74, 6) is 0.522. The minimum atomic E-state index is -0.235. The van der Waals surface area contributed by atoms with Crippen LogP contribution in [0.3, 0.4) is 0 Å². The van der Waals surface area contributed by atoms with Gasteiger partial charge in [-0.2, -0.15) is 0 Å². The van der Waals surface area contributed by atoms with E-state index < -0.39 is 0 Å². The van der Waals surface area contributed by atoms with E-state index >= 15 is 0 Å². The molecule has 98 valence electrons. The number of aliphatic hydroxyl groups is 1. The average molecular weight is 250 g/mol. The molecule has 0 saturated carbocycles. The number of hydrogen-bond acceptors (Lipinski definition) is 5. The first-order valence-corrected chi connectivity index (χ1v) is 6.17. The van der Waals surface area contributed by atoms with Gasteiger partial charge < -0.3 is 15.3 Å². The molecule has 2 atom stereocenters. The first-order chi connectivity index (χ1) is 8.72. The van der Waals surface area contributed by atoms with Gasteiger partial charge in [-0.25, -0.2) is 9.97 Å². The van der Waals surface area contributed by atoms with E-state index in [1.165, 1.54) is 0 Å². The highest BCUT2D eigenvalue weighted by Gasteiger charge is 2.32. The van der Waals surface area contributed by atoms with Gasteiger partial charge in [-0.3, -0.25) is 4.79 Å². The van der Waals surface area contributed by atoms with E-state index in [1.807, 2.05) is 4.90 Å². The first-order valence-electron chi connectivity index (χ1n) is 6.17. The largest absolute Gasteiger partial charge is 0.394 e. The number of aliphatic hydroxyl groups excluding tert-OH is 1. The van der Waals surface area contributed by atoms with Crippen molar-refractivity contribution in [1.29, 1.82) is 0 Å². The molecular weight excluding hydrogens is 232 g/mol. The Labute approximate surface area is 106 Å². The Kier molecular flexibility index (Phi) is 4.09. The fourth-order valence-corrected chi connectivity index (χ4v) is 2.10. The van der Waals surface area contributed by atoms with Crippen molar-refractivity contribution in [3.63, 3.8) is 0 Å². The summed E-state index contributed by atoms with van der Waals surface area (Å²) in [6.45, 7) is 2.51. The third kappa shape index (κ3) is 2.76. The SMILES string of the molecule is CC(CO)NC(=O)C1CCCN1c1ncccn1. The van der Waals surface area contributed by atoms with Gasteiger partial charge in [0.05, 0.1) is 6.61 Å². The summed E-state index contributed by atoms with van der Waals surface area (Å²) in [4.78, 5) is 22.4. The first kappa shape index (κ1) is 12.8. The minimum absolute atomic E-state index is 0.0553. The summed E-state index contributed by atoms with van der Waals surface area (Å²) in [5, 5.41) is 11.7. The Morgan fingerprint density at radius 1 is 1.61 bits per heavy atom. The van der Waals surface area contributed by atoms with Crippen LogP contribution in [0.2, 0.25) is 0 Å². The molecule has 1 aromatic heterocycles. The topological polar surface area (TPSA) is 78.4 Å². The molecule has 6 nitrogen and oxygen atoms in total. The molecule has 0 bridgehead atoms. The second-order valence-corrected chi connectivity index (χ2v) is 4.49. The van der Waals surface area contributed by atoms with E-state index in [0.29, 0.717) is 5.95 Å². The standard InChI is InChI=1S/C12H18N4O2/c1-9(8-17)15-11(18)10-4-2-7-16(10)12-13-5-3-6-14-12/h3,5-6,9-10,17H,2,4,7-8H2,1H3,(H,15,18). The fraction of sp³-hybridized carbons (Fsp3) is 0.583. The van der Waals surface area contributed by atoms with Crippen LogP contribution >= 0.6 is 0 Å². The van der Waals surface area contributed by atoms with Crippen LogP contribution < -0.4 is 10.2 Å². The molecule has 6 heteroatoms. The van der Waals surface area contributed by atoms with Crippen LogP contribution in [0.4, 0.5) is 5.95 Å². The number of carbonyl (C=O) groups is 1. The third-order valence-electron chi connectivity index (χ3n) is 3.03. The molecule has 1 aliphatic rings. The van der Waals surface area contributed by atoms with Crippen LogP contribution in [-0.4, -0.2) is 46.2 Å². The summed E-state index contributed by atoms with van der Waals surface area (Å²) in [5.41, 5.74) is 0. The molecule has 1 fully saturated rings. The molecule has 0 radical (unpaired) electrons. The van der Waals surface area contributed by atoms with E-state index in [-0.39, 0.29) is 24.6 Å². The summed E-state index contributed by atoms with van der Waals surface area (Å²) in [6, 6.07) is 1.29. The summed E-state index contributed by atoms with van der Waals surface area (Å²) in [6.07, 6.45) is 5.09. The third-order valence-corrected chi connectivity index (χ3v) is 3.03. The lowest BCUT2D eigenvalue weighted by Crippen LogP contribution is -2.47. The van der Waals surface area contributed by atoms with Gasteiger partial charge in [-0.15, -0.1) is 0 Å². The average Bonchev–Trinajstić information content (AvgIpc) is 2.88. The van der Waals surface area contributed by atoms with Crippen molar-refractivity contribution in [3.8, 4) is 0 Å². The quantitative estimate of drug-likeness (QED) is 0.783. The second kappa shape index (κ2) is 5.77. The van der Waals surface area contributed by atoms with Crippen molar-refractivity contribution in [3.05, 3.63) is 18.5 Å². The summed E-state index contributed by atoms with van der Waals surface area (Å²) in [7, 11) is 0. The molecule has 2 N–H and O–H groups in total. The Balaban J connectivity index is 2.06. The maximum atomic E-state index is 12.1. The number of anilines is 1. The van der Waals surface area contributed by atoms with Crippen molar-refractivity contribution in [2.45, 2.75) is 31.8 Å². The minimum Gasteiger partial charge on any atom is -0.394 e. The molecular formula is C12H18N4O2. The van der Waals surface area contributed by atoms with Crippen molar-refractivity contribution in [2.24, 2.45) is 0 Å². The van der Waals surface area contributed by atoms with Crippen molar-refractivity contribution < 1.29 is 9.90 Å². The lowest BCUT2D eigenvalue weighted by molar-refractivity contribution is -0.123. The van der Waals surface area contributed by atoms with Gasteiger partial charge in [0, 0.05) is 25.0 Å². The van der Waals surface area contributed by atoms with E-state index in [9.17, 15) is 4.79 Å². The smallest absolute Gasteiger partial charge is 0.243 e. The van der Waals surface area contributed by atoms with Gasteiger partial charge in [0.15, 0.2) is 0 Å². The van der Waals surface area contributed by atoms with E-state index in [4.69, 9.17) is 5.11 Å². The Bertz CT molecular complexity index is 398. The number of nitrogens with one attached hydrogen (secondary N) is 1. The predicted octanol–water partition coefficient (Wildman–Crippen LogP) is -0.0576. The van der Waals surface area contributed by atoms with Crippen LogP contribution in [-0.2, 0) is 4.79 Å². The number of amides is 1. The predicted molar refractivity (Wildman–Crippen MR) is 67.1 cm³/mol. The Morgan fingerprint density at radius 3 is 3.00 bits per heavy atom. The van der Waals surface area contributed by atoms with Crippen molar-refractivity contribution >= 4 is 11.9 Å². The molecule has 0 aromatic carbocycles. The van der Waals surface area contributed by atoms with Crippen LogP contribution in [0, 0.1) is 0 Å². The molecule has 2 rings (SSSR count). The normalized spacial score (nSPS) is 20.8. The van der Waals surface area contributed by atoms with Crippen molar-refractivity contribution in [1.82, 2.24) is 15.3 Å². The van der Waals surface area contributed by atoms with E-state index in [1.54, 1.807) is 25.4 Å². The molecule has 1 aliphatic heterocycles. The number of nitrogens with zero attached hydrogens (tertiary/aromatic N) is 3. The number of rotatable bonds is 4. The zero-order valence-corrected chi connectivity index (χ0v) is 10.4. The number of aromatic nitrogens is 2. The van der Waals surface area contributed by atoms with Gasteiger partial charge in [0.1, 0.15) is 6.04 Å². The molecule has 0 aliphatic carbocycles. The summed E-state index contributed by atoms with van der Waals surface area (Å²) < 4.78 is 0. The highest BCUT2D eigenvalue weighted by molar-refractivity contribution is 5.85. The second-order valence-electron chi connectivity index (χ2n) is 4.49. The molecule has 0 spiro atoms. The highest BCUT2D eigenvalue weighted by atomic mass is 16.3. The fourth-order valence-electron chi connectivity index (χ4n) is 2.10. The van der Waals surface area contributed by atoms with E-state index in [0.717, 1.165) is 19.4 Å². The van der Waals surface area contributed by atoms with Gasteiger partial charge in [-0.1, -0.05) is 0 Å². The molecule has 1 amide bonds.